The lowest BCUT2D eigenvalue weighted by Gasteiger charge is -2.33. The molecule has 0 saturated carbocycles. The molecular formula is C21H26N2O3S. The summed E-state index contributed by atoms with van der Waals surface area (Å²) in [5.41, 5.74) is 2.46. The quantitative estimate of drug-likeness (QED) is 0.810. The molecule has 1 aliphatic rings. The third-order valence-corrected chi connectivity index (χ3v) is 7.18. The first-order valence-electron chi connectivity index (χ1n) is 9.20. The van der Waals surface area contributed by atoms with Crippen LogP contribution in [0.4, 0.5) is 5.69 Å². The summed E-state index contributed by atoms with van der Waals surface area (Å²) in [5, 5.41) is 0. The van der Waals surface area contributed by atoms with Crippen molar-refractivity contribution >= 4 is 21.6 Å². The summed E-state index contributed by atoms with van der Waals surface area (Å²) in [7, 11) is -1.86. The Hall–Kier alpha value is -2.18. The molecule has 1 fully saturated rings. The topological polar surface area (TPSA) is 57.7 Å². The largest absolute Gasteiger partial charge is 0.315 e. The molecule has 6 heteroatoms. The van der Waals surface area contributed by atoms with Crippen molar-refractivity contribution in [1.82, 2.24) is 4.31 Å². The van der Waals surface area contributed by atoms with Crippen LogP contribution in [0.3, 0.4) is 0 Å². The lowest BCUT2D eigenvalue weighted by Crippen LogP contribution is -2.46. The maximum Gasteiger partial charge on any atom is 0.243 e. The van der Waals surface area contributed by atoms with E-state index in [1.165, 1.54) is 4.31 Å². The van der Waals surface area contributed by atoms with Gasteiger partial charge in [0.25, 0.3) is 0 Å². The Labute approximate surface area is 161 Å². The van der Waals surface area contributed by atoms with Gasteiger partial charge in [0.2, 0.25) is 15.9 Å². The number of carbonyl (C=O) groups excluding carboxylic acids is 1. The number of nitrogens with zero attached hydrogens (tertiary/aromatic N) is 2. The van der Waals surface area contributed by atoms with Crippen molar-refractivity contribution in [3.8, 4) is 0 Å². The van der Waals surface area contributed by atoms with Crippen molar-refractivity contribution in [3.63, 3.8) is 0 Å². The van der Waals surface area contributed by atoms with Gasteiger partial charge in [0.05, 0.1) is 10.8 Å². The molecule has 0 unspecified atom stereocenters. The smallest absolute Gasteiger partial charge is 0.243 e. The molecule has 2 aromatic carbocycles. The average molecular weight is 387 g/mol. The van der Waals surface area contributed by atoms with Crippen molar-refractivity contribution in [3.05, 3.63) is 59.7 Å². The number of para-hydroxylation sites is 1. The van der Waals surface area contributed by atoms with Gasteiger partial charge in [-0.3, -0.25) is 4.79 Å². The fourth-order valence-electron chi connectivity index (χ4n) is 3.54. The SMILES string of the molecule is Cc1ccc(C)c(S(=O)(=O)N2CCC[C@H](C(=O)N(C)c3ccccc3)C2)c1. The monoisotopic (exact) mass is 386 g/mol. The Morgan fingerprint density at radius 1 is 1.11 bits per heavy atom. The van der Waals surface area contributed by atoms with Gasteiger partial charge in [0.15, 0.2) is 0 Å². The average Bonchev–Trinajstić information content (AvgIpc) is 2.69. The second kappa shape index (κ2) is 7.82. The summed E-state index contributed by atoms with van der Waals surface area (Å²) in [5.74, 6) is -0.370. The molecule has 0 spiro atoms. The molecule has 0 aromatic heterocycles. The first-order chi connectivity index (χ1) is 12.8. The lowest BCUT2D eigenvalue weighted by atomic mass is 9.98. The van der Waals surface area contributed by atoms with Gasteiger partial charge >= 0.3 is 0 Å². The predicted octanol–water partition coefficient (Wildman–Crippen LogP) is 3.37. The minimum atomic E-state index is -3.61. The summed E-state index contributed by atoms with van der Waals surface area (Å²) in [6.07, 6.45) is 1.39. The number of amides is 1. The number of hydrogen-bond acceptors (Lipinski definition) is 3. The summed E-state index contributed by atoms with van der Waals surface area (Å²) in [4.78, 5) is 14.9. The van der Waals surface area contributed by atoms with Crippen LogP contribution in [0, 0.1) is 19.8 Å². The zero-order valence-corrected chi connectivity index (χ0v) is 16.9. The molecule has 1 amide bonds. The number of hydrogen-bond donors (Lipinski definition) is 0. The van der Waals surface area contributed by atoms with E-state index >= 15 is 0 Å². The van der Waals surface area contributed by atoms with Gasteiger partial charge in [0, 0.05) is 25.8 Å². The summed E-state index contributed by atoms with van der Waals surface area (Å²) in [6.45, 7) is 4.37. The number of anilines is 1. The van der Waals surface area contributed by atoms with Gasteiger partial charge in [-0.25, -0.2) is 8.42 Å². The number of piperidine rings is 1. The Morgan fingerprint density at radius 3 is 2.52 bits per heavy atom. The van der Waals surface area contributed by atoms with E-state index in [-0.39, 0.29) is 18.4 Å². The number of sulfonamides is 1. The van der Waals surface area contributed by atoms with Crippen LogP contribution in [0.15, 0.2) is 53.4 Å². The molecule has 0 radical (unpaired) electrons. The summed E-state index contributed by atoms with van der Waals surface area (Å²) < 4.78 is 27.8. The summed E-state index contributed by atoms with van der Waals surface area (Å²) in [6, 6.07) is 14.9. The van der Waals surface area contributed by atoms with Gasteiger partial charge in [-0.15, -0.1) is 0 Å². The van der Waals surface area contributed by atoms with E-state index in [1.807, 2.05) is 56.3 Å². The fraction of sp³-hybridized carbons (Fsp3) is 0.381. The molecule has 1 aliphatic heterocycles. The van der Waals surface area contributed by atoms with Crippen molar-refractivity contribution in [2.75, 3.05) is 25.0 Å². The molecule has 0 N–H and O–H groups in total. The van der Waals surface area contributed by atoms with Crippen LogP contribution in [0.2, 0.25) is 0 Å². The van der Waals surface area contributed by atoms with Crippen LogP contribution >= 0.6 is 0 Å². The minimum Gasteiger partial charge on any atom is -0.315 e. The third-order valence-electron chi connectivity index (χ3n) is 5.17. The minimum absolute atomic E-state index is 0.0398. The standard InChI is InChI=1S/C21H26N2O3S/c1-16-11-12-17(2)20(14-16)27(25,26)23-13-7-8-18(15-23)21(24)22(3)19-9-5-4-6-10-19/h4-6,9-12,14,18H,7-8,13,15H2,1-3H3/t18-/m0/s1. The summed E-state index contributed by atoms with van der Waals surface area (Å²) >= 11 is 0. The second-order valence-corrected chi connectivity index (χ2v) is 9.11. The molecule has 27 heavy (non-hydrogen) atoms. The Balaban J connectivity index is 1.81. The molecule has 144 valence electrons. The number of rotatable bonds is 4. The number of aryl methyl sites for hydroxylation is 2. The van der Waals surface area contributed by atoms with Crippen molar-refractivity contribution in [2.45, 2.75) is 31.6 Å². The molecule has 5 nitrogen and oxygen atoms in total. The third kappa shape index (κ3) is 4.06. The van der Waals surface area contributed by atoms with E-state index in [2.05, 4.69) is 0 Å². The van der Waals surface area contributed by atoms with Gasteiger partial charge in [-0.1, -0.05) is 30.3 Å². The van der Waals surface area contributed by atoms with Crippen molar-refractivity contribution in [1.29, 1.82) is 0 Å². The zero-order valence-electron chi connectivity index (χ0n) is 16.1. The molecule has 0 bridgehead atoms. The van der Waals surface area contributed by atoms with Crippen molar-refractivity contribution < 1.29 is 13.2 Å². The van der Waals surface area contributed by atoms with Crippen molar-refractivity contribution in [2.24, 2.45) is 5.92 Å². The first-order valence-corrected chi connectivity index (χ1v) is 10.6. The first kappa shape index (κ1) is 19.6. The van der Waals surface area contributed by atoms with Crippen LogP contribution < -0.4 is 4.90 Å². The molecule has 1 atom stereocenters. The van der Waals surface area contributed by atoms with Gasteiger partial charge in [0.1, 0.15) is 0 Å². The van der Waals surface area contributed by atoms with Gasteiger partial charge in [-0.2, -0.15) is 4.31 Å². The number of benzene rings is 2. The Morgan fingerprint density at radius 2 is 1.81 bits per heavy atom. The van der Waals surface area contributed by atoms with Gasteiger partial charge < -0.3 is 4.90 Å². The van der Waals surface area contributed by atoms with E-state index in [1.54, 1.807) is 18.0 Å². The van der Waals surface area contributed by atoms with Crippen LogP contribution in [0.25, 0.3) is 0 Å². The van der Waals surface area contributed by atoms with E-state index in [4.69, 9.17) is 0 Å². The highest BCUT2D eigenvalue weighted by atomic mass is 32.2. The highest BCUT2D eigenvalue weighted by Gasteiger charge is 2.35. The van der Waals surface area contributed by atoms with Crippen LogP contribution in [0.5, 0.6) is 0 Å². The Kier molecular flexibility index (Phi) is 5.67. The molecule has 0 aliphatic carbocycles. The van der Waals surface area contributed by atoms with Gasteiger partial charge in [-0.05, 0) is 56.0 Å². The van der Waals surface area contributed by atoms with E-state index in [0.717, 1.165) is 16.8 Å². The van der Waals surface area contributed by atoms with Crippen LogP contribution in [-0.2, 0) is 14.8 Å². The van der Waals surface area contributed by atoms with Crippen LogP contribution in [-0.4, -0.2) is 38.8 Å². The zero-order chi connectivity index (χ0) is 19.6. The van der Waals surface area contributed by atoms with E-state index < -0.39 is 10.0 Å². The number of carbonyl (C=O) groups is 1. The maximum absolute atomic E-state index is 13.2. The molecule has 1 heterocycles. The molecule has 3 rings (SSSR count). The predicted molar refractivity (Wildman–Crippen MR) is 107 cm³/mol. The Bertz CT molecular complexity index is 926. The van der Waals surface area contributed by atoms with Crippen LogP contribution in [0.1, 0.15) is 24.0 Å². The highest BCUT2D eigenvalue weighted by Crippen LogP contribution is 2.28. The van der Waals surface area contributed by atoms with E-state index in [9.17, 15) is 13.2 Å². The lowest BCUT2D eigenvalue weighted by molar-refractivity contribution is -0.123. The molecule has 2 aromatic rings. The maximum atomic E-state index is 13.2. The highest BCUT2D eigenvalue weighted by molar-refractivity contribution is 7.89. The molecular weight excluding hydrogens is 360 g/mol. The second-order valence-electron chi connectivity index (χ2n) is 7.20. The fourth-order valence-corrected chi connectivity index (χ4v) is 5.37. The molecule has 1 saturated heterocycles. The van der Waals surface area contributed by atoms with E-state index in [0.29, 0.717) is 24.3 Å². The normalized spacial score (nSPS) is 18.3.